The Labute approximate surface area is 154 Å². The lowest BCUT2D eigenvalue weighted by Gasteiger charge is -2.11. The molecule has 3 aromatic rings. The average molecular weight is 368 g/mol. The van der Waals surface area contributed by atoms with Crippen LogP contribution in [0.25, 0.3) is 0 Å². The number of hydrogen-bond acceptors (Lipinski definition) is 3. The van der Waals surface area contributed by atoms with Gasteiger partial charge in [0.15, 0.2) is 0 Å². The van der Waals surface area contributed by atoms with Gasteiger partial charge in [0, 0.05) is 6.54 Å². The second kappa shape index (κ2) is 7.93. The van der Waals surface area contributed by atoms with Crippen LogP contribution in [0.1, 0.15) is 31.2 Å². The van der Waals surface area contributed by atoms with Gasteiger partial charge < -0.3 is 10.6 Å². The van der Waals surface area contributed by atoms with E-state index in [2.05, 4.69) is 10.6 Å². The number of halogens is 1. The second-order valence-corrected chi connectivity index (χ2v) is 6.69. The number of anilines is 1. The van der Waals surface area contributed by atoms with Crippen LogP contribution in [0, 0.1) is 12.7 Å². The van der Waals surface area contributed by atoms with Crippen LogP contribution in [-0.2, 0) is 6.54 Å². The van der Waals surface area contributed by atoms with Crippen LogP contribution >= 0.6 is 11.3 Å². The molecular weight excluding hydrogens is 351 g/mol. The molecule has 0 unspecified atom stereocenters. The first kappa shape index (κ1) is 17.8. The molecule has 1 aromatic heterocycles. The Morgan fingerprint density at radius 2 is 1.85 bits per heavy atom. The lowest BCUT2D eigenvalue weighted by Crippen LogP contribution is -2.24. The van der Waals surface area contributed by atoms with E-state index < -0.39 is 0 Å². The van der Waals surface area contributed by atoms with Crippen molar-refractivity contribution in [1.82, 2.24) is 5.32 Å². The fourth-order valence-corrected chi connectivity index (χ4v) is 3.10. The standard InChI is InChI=1S/C20H17FN2O2S/c1-13-11-14(8-9-16(13)21)12-22-19(24)15-5-2-3-6-17(15)23-20(25)18-7-4-10-26-18/h2-11H,12H2,1H3,(H,22,24)(H,23,25). The number of amides is 2. The summed E-state index contributed by atoms with van der Waals surface area (Å²) in [5, 5.41) is 7.39. The number of rotatable bonds is 5. The maximum Gasteiger partial charge on any atom is 0.265 e. The minimum absolute atomic E-state index is 0.255. The fourth-order valence-electron chi connectivity index (χ4n) is 2.48. The maximum atomic E-state index is 13.3. The molecule has 6 heteroatoms. The van der Waals surface area contributed by atoms with Gasteiger partial charge in [0.25, 0.3) is 11.8 Å². The molecule has 0 aliphatic carbocycles. The van der Waals surface area contributed by atoms with Crippen LogP contribution in [-0.4, -0.2) is 11.8 Å². The van der Waals surface area contributed by atoms with Gasteiger partial charge in [-0.3, -0.25) is 9.59 Å². The molecule has 2 amide bonds. The predicted molar refractivity (Wildman–Crippen MR) is 101 cm³/mol. The Hall–Kier alpha value is -2.99. The van der Waals surface area contributed by atoms with Crippen molar-refractivity contribution in [2.24, 2.45) is 0 Å². The zero-order valence-electron chi connectivity index (χ0n) is 14.1. The molecule has 2 N–H and O–H groups in total. The summed E-state index contributed by atoms with van der Waals surface area (Å²) in [5.41, 5.74) is 2.15. The van der Waals surface area contributed by atoms with E-state index in [0.717, 1.165) is 5.56 Å². The first-order valence-electron chi connectivity index (χ1n) is 8.01. The number of thiophene rings is 1. The summed E-state index contributed by atoms with van der Waals surface area (Å²) in [6, 6.07) is 15.0. The SMILES string of the molecule is Cc1cc(CNC(=O)c2ccccc2NC(=O)c2cccs2)ccc1F. The summed E-state index contributed by atoms with van der Waals surface area (Å²) in [4.78, 5) is 25.3. The van der Waals surface area contributed by atoms with Crippen molar-refractivity contribution in [3.05, 3.63) is 87.4 Å². The predicted octanol–water partition coefficient (Wildman–Crippen LogP) is 4.38. The lowest BCUT2D eigenvalue weighted by molar-refractivity contribution is 0.0952. The summed E-state index contributed by atoms with van der Waals surface area (Å²) in [5.74, 6) is -0.842. The van der Waals surface area contributed by atoms with Crippen molar-refractivity contribution in [3.8, 4) is 0 Å². The van der Waals surface area contributed by atoms with Crippen molar-refractivity contribution in [2.75, 3.05) is 5.32 Å². The smallest absolute Gasteiger partial charge is 0.265 e. The Morgan fingerprint density at radius 1 is 1.04 bits per heavy atom. The molecule has 3 rings (SSSR count). The molecule has 0 radical (unpaired) electrons. The lowest BCUT2D eigenvalue weighted by atomic mass is 10.1. The number of hydrogen-bond donors (Lipinski definition) is 2. The van der Waals surface area contributed by atoms with Gasteiger partial charge in [0.2, 0.25) is 0 Å². The zero-order chi connectivity index (χ0) is 18.5. The summed E-state index contributed by atoms with van der Waals surface area (Å²) in [6.07, 6.45) is 0. The third-order valence-corrected chi connectivity index (χ3v) is 4.71. The summed E-state index contributed by atoms with van der Waals surface area (Å²) >= 11 is 1.33. The van der Waals surface area contributed by atoms with Gasteiger partial charge in [-0.1, -0.05) is 30.3 Å². The molecular formula is C20H17FN2O2S. The van der Waals surface area contributed by atoms with Gasteiger partial charge in [-0.05, 0) is 47.7 Å². The number of benzene rings is 2. The molecule has 0 aliphatic heterocycles. The molecule has 2 aromatic carbocycles. The quantitative estimate of drug-likeness (QED) is 0.702. The highest BCUT2D eigenvalue weighted by Gasteiger charge is 2.14. The van der Waals surface area contributed by atoms with Gasteiger partial charge in [-0.2, -0.15) is 0 Å². The third-order valence-electron chi connectivity index (χ3n) is 3.84. The van der Waals surface area contributed by atoms with E-state index in [9.17, 15) is 14.0 Å². The molecule has 0 aliphatic rings. The van der Waals surface area contributed by atoms with Gasteiger partial charge in [0.05, 0.1) is 16.1 Å². The van der Waals surface area contributed by atoms with E-state index in [-0.39, 0.29) is 24.2 Å². The molecule has 0 spiro atoms. The Bertz CT molecular complexity index is 939. The summed E-state index contributed by atoms with van der Waals surface area (Å²) < 4.78 is 13.3. The zero-order valence-corrected chi connectivity index (χ0v) is 14.9. The molecule has 26 heavy (non-hydrogen) atoms. The Morgan fingerprint density at radius 3 is 2.58 bits per heavy atom. The van der Waals surface area contributed by atoms with Crippen LogP contribution in [0.15, 0.2) is 60.0 Å². The highest BCUT2D eigenvalue weighted by molar-refractivity contribution is 7.12. The van der Waals surface area contributed by atoms with Crippen molar-refractivity contribution in [1.29, 1.82) is 0 Å². The van der Waals surface area contributed by atoms with Crippen molar-refractivity contribution >= 4 is 28.8 Å². The molecule has 132 valence electrons. The number of nitrogens with one attached hydrogen (secondary N) is 2. The Kier molecular flexibility index (Phi) is 5.43. The highest BCUT2D eigenvalue weighted by Crippen LogP contribution is 2.18. The monoisotopic (exact) mass is 368 g/mol. The highest BCUT2D eigenvalue weighted by atomic mass is 32.1. The van der Waals surface area contributed by atoms with E-state index in [4.69, 9.17) is 0 Å². The summed E-state index contributed by atoms with van der Waals surface area (Å²) in [6.45, 7) is 1.95. The minimum Gasteiger partial charge on any atom is -0.348 e. The second-order valence-electron chi connectivity index (χ2n) is 5.74. The van der Waals surface area contributed by atoms with Gasteiger partial charge in [-0.25, -0.2) is 4.39 Å². The normalized spacial score (nSPS) is 10.4. The van der Waals surface area contributed by atoms with Crippen LogP contribution in [0.4, 0.5) is 10.1 Å². The minimum atomic E-state index is -0.311. The van der Waals surface area contributed by atoms with E-state index in [0.29, 0.717) is 21.7 Å². The average Bonchev–Trinajstić information content (AvgIpc) is 3.18. The van der Waals surface area contributed by atoms with E-state index in [1.165, 1.54) is 17.4 Å². The molecule has 0 atom stereocenters. The summed E-state index contributed by atoms with van der Waals surface area (Å²) in [7, 11) is 0. The number of carbonyl (C=O) groups excluding carboxylic acids is 2. The van der Waals surface area contributed by atoms with Crippen LogP contribution in [0.5, 0.6) is 0 Å². The van der Waals surface area contributed by atoms with E-state index in [1.807, 2.05) is 5.38 Å². The molecule has 0 saturated heterocycles. The number of carbonyl (C=O) groups is 2. The van der Waals surface area contributed by atoms with Crippen LogP contribution < -0.4 is 10.6 Å². The van der Waals surface area contributed by atoms with Crippen LogP contribution in [0.2, 0.25) is 0 Å². The van der Waals surface area contributed by atoms with E-state index >= 15 is 0 Å². The topological polar surface area (TPSA) is 58.2 Å². The number of aryl methyl sites for hydroxylation is 1. The van der Waals surface area contributed by atoms with Crippen molar-refractivity contribution in [3.63, 3.8) is 0 Å². The third kappa shape index (κ3) is 4.15. The van der Waals surface area contributed by atoms with Crippen LogP contribution in [0.3, 0.4) is 0 Å². The Balaban J connectivity index is 1.71. The first-order chi connectivity index (χ1) is 12.5. The van der Waals surface area contributed by atoms with E-state index in [1.54, 1.807) is 55.5 Å². The van der Waals surface area contributed by atoms with Crippen molar-refractivity contribution < 1.29 is 14.0 Å². The van der Waals surface area contributed by atoms with Gasteiger partial charge >= 0.3 is 0 Å². The molecule has 0 fully saturated rings. The van der Waals surface area contributed by atoms with Crippen molar-refractivity contribution in [2.45, 2.75) is 13.5 Å². The largest absolute Gasteiger partial charge is 0.348 e. The molecule has 4 nitrogen and oxygen atoms in total. The van der Waals surface area contributed by atoms with Gasteiger partial charge in [0.1, 0.15) is 5.82 Å². The number of para-hydroxylation sites is 1. The molecule has 0 saturated carbocycles. The fraction of sp³-hybridized carbons (Fsp3) is 0.100. The first-order valence-corrected chi connectivity index (χ1v) is 8.89. The molecule has 1 heterocycles. The maximum absolute atomic E-state index is 13.3. The molecule has 0 bridgehead atoms. The van der Waals surface area contributed by atoms with Gasteiger partial charge in [-0.15, -0.1) is 11.3 Å².